The van der Waals surface area contributed by atoms with Crippen molar-refractivity contribution >= 4 is 0 Å². The molecule has 0 bridgehead atoms. The van der Waals surface area contributed by atoms with Gasteiger partial charge in [0.25, 0.3) is 0 Å². The lowest BCUT2D eigenvalue weighted by molar-refractivity contribution is 0.0366. The molecule has 2 N–H and O–H groups in total. The maximum absolute atomic E-state index is 5.98. The van der Waals surface area contributed by atoms with Crippen LogP contribution in [0.2, 0.25) is 0 Å². The van der Waals surface area contributed by atoms with Crippen LogP contribution in [-0.2, 0) is 4.74 Å². The Kier molecular flexibility index (Phi) is 5.18. The number of hydrogen-bond donors (Lipinski definition) is 1. The van der Waals surface area contributed by atoms with E-state index in [9.17, 15) is 0 Å². The summed E-state index contributed by atoms with van der Waals surface area (Å²) in [4.78, 5) is 4.74. The molecule has 1 aliphatic heterocycles. The minimum Gasteiger partial charge on any atom is -0.379 e. The van der Waals surface area contributed by atoms with Crippen LogP contribution in [0.25, 0.3) is 0 Å². The SMILES string of the molecule is CCN(C(C)CN(C)C)C1(CN)CCOC1. The van der Waals surface area contributed by atoms with Crippen molar-refractivity contribution in [2.45, 2.75) is 31.8 Å². The zero-order chi connectivity index (χ0) is 12.2. The van der Waals surface area contributed by atoms with Crippen LogP contribution in [0.15, 0.2) is 0 Å². The number of nitrogens with two attached hydrogens (primary N) is 1. The van der Waals surface area contributed by atoms with E-state index in [0.29, 0.717) is 12.6 Å². The van der Waals surface area contributed by atoms with Gasteiger partial charge in [-0.1, -0.05) is 6.92 Å². The van der Waals surface area contributed by atoms with Crippen molar-refractivity contribution < 1.29 is 4.74 Å². The van der Waals surface area contributed by atoms with E-state index >= 15 is 0 Å². The highest BCUT2D eigenvalue weighted by Crippen LogP contribution is 2.27. The fourth-order valence-electron chi connectivity index (χ4n) is 2.84. The van der Waals surface area contributed by atoms with Gasteiger partial charge in [0.05, 0.1) is 12.1 Å². The molecular weight excluding hydrogens is 202 g/mol. The Morgan fingerprint density at radius 3 is 2.50 bits per heavy atom. The highest BCUT2D eigenvalue weighted by atomic mass is 16.5. The topological polar surface area (TPSA) is 41.7 Å². The van der Waals surface area contributed by atoms with Gasteiger partial charge in [0, 0.05) is 25.7 Å². The third-order valence-electron chi connectivity index (χ3n) is 3.57. The number of rotatable bonds is 6. The van der Waals surface area contributed by atoms with Gasteiger partial charge in [-0.3, -0.25) is 4.90 Å². The first kappa shape index (κ1) is 13.9. The highest BCUT2D eigenvalue weighted by Gasteiger charge is 2.40. The van der Waals surface area contributed by atoms with Crippen molar-refractivity contribution in [1.82, 2.24) is 9.80 Å². The second-order valence-corrected chi connectivity index (χ2v) is 5.13. The predicted molar refractivity (Wildman–Crippen MR) is 67.6 cm³/mol. The Hall–Kier alpha value is -0.160. The molecule has 2 atom stereocenters. The third-order valence-corrected chi connectivity index (χ3v) is 3.57. The first-order valence-corrected chi connectivity index (χ1v) is 6.25. The zero-order valence-electron chi connectivity index (χ0n) is 11.2. The number of nitrogens with zero attached hydrogens (tertiary/aromatic N) is 2. The Balaban J connectivity index is 2.70. The van der Waals surface area contributed by atoms with Crippen LogP contribution in [0.1, 0.15) is 20.3 Å². The molecule has 0 radical (unpaired) electrons. The van der Waals surface area contributed by atoms with Gasteiger partial charge in [-0.05, 0) is 34.0 Å². The molecule has 0 saturated carbocycles. The molecule has 0 aromatic heterocycles. The van der Waals surface area contributed by atoms with Crippen LogP contribution in [0.5, 0.6) is 0 Å². The Morgan fingerprint density at radius 1 is 1.44 bits per heavy atom. The molecule has 1 fully saturated rings. The minimum absolute atomic E-state index is 0.0736. The highest BCUT2D eigenvalue weighted by molar-refractivity contribution is 4.97. The molecule has 96 valence electrons. The molecule has 0 aromatic rings. The van der Waals surface area contributed by atoms with Crippen molar-refractivity contribution in [3.05, 3.63) is 0 Å². The maximum atomic E-state index is 5.98. The summed E-state index contributed by atoms with van der Waals surface area (Å²) in [5, 5.41) is 0. The maximum Gasteiger partial charge on any atom is 0.0663 e. The Bertz CT molecular complexity index is 202. The summed E-state index contributed by atoms with van der Waals surface area (Å²) in [7, 11) is 4.23. The molecule has 0 spiro atoms. The van der Waals surface area contributed by atoms with Gasteiger partial charge in [0.15, 0.2) is 0 Å². The van der Waals surface area contributed by atoms with Crippen molar-refractivity contribution in [2.24, 2.45) is 5.73 Å². The number of likely N-dealkylation sites (N-methyl/N-ethyl adjacent to an activating group) is 2. The van der Waals surface area contributed by atoms with Gasteiger partial charge in [-0.25, -0.2) is 0 Å². The van der Waals surface area contributed by atoms with Crippen molar-refractivity contribution in [3.8, 4) is 0 Å². The molecule has 0 aromatic carbocycles. The number of ether oxygens (including phenoxy) is 1. The number of hydrogen-bond acceptors (Lipinski definition) is 4. The Labute approximate surface area is 99.7 Å². The van der Waals surface area contributed by atoms with E-state index in [1.54, 1.807) is 0 Å². The molecule has 0 aliphatic carbocycles. The lowest BCUT2D eigenvalue weighted by Crippen LogP contribution is -2.59. The van der Waals surface area contributed by atoms with E-state index in [4.69, 9.17) is 10.5 Å². The van der Waals surface area contributed by atoms with Crippen LogP contribution in [-0.4, -0.2) is 68.3 Å². The monoisotopic (exact) mass is 229 g/mol. The summed E-state index contributed by atoms with van der Waals surface area (Å²) in [6.07, 6.45) is 1.06. The summed E-state index contributed by atoms with van der Waals surface area (Å²) in [6, 6.07) is 0.519. The smallest absolute Gasteiger partial charge is 0.0663 e. The largest absolute Gasteiger partial charge is 0.379 e. The third kappa shape index (κ3) is 2.94. The molecule has 1 rings (SSSR count). The van der Waals surface area contributed by atoms with E-state index in [2.05, 4.69) is 37.7 Å². The molecule has 4 nitrogen and oxygen atoms in total. The molecule has 4 heteroatoms. The summed E-state index contributed by atoms with van der Waals surface area (Å²) in [6.45, 7) is 8.92. The van der Waals surface area contributed by atoms with Crippen LogP contribution in [0.3, 0.4) is 0 Å². The van der Waals surface area contributed by atoms with E-state index in [1.807, 2.05) is 0 Å². The molecule has 1 aliphatic rings. The quantitative estimate of drug-likeness (QED) is 0.715. The van der Waals surface area contributed by atoms with Crippen molar-refractivity contribution in [2.75, 3.05) is 46.9 Å². The lowest BCUT2D eigenvalue weighted by atomic mass is 9.94. The summed E-state index contributed by atoms with van der Waals surface area (Å²) in [5.74, 6) is 0. The zero-order valence-corrected chi connectivity index (χ0v) is 11.2. The first-order valence-electron chi connectivity index (χ1n) is 6.25. The molecule has 1 heterocycles. The van der Waals surface area contributed by atoms with Gasteiger partial charge in [0.2, 0.25) is 0 Å². The molecule has 0 amide bonds. The van der Waals surface area contributed by atoms with E-state index in [1.165, 1.54) is 0 Å². The van der Waals surface area contributed by atoms with Gasteiger partial charge in [-0.15, -0.1) is 0 Å². The fourth-order valence-corrected chi connectivity index (χ4v) is 2.84. The van der Waals surface area contributed by atoms with Crippen LogP contribution >= 0.6 is 0 Å². The first-order chi connectivity index (χ1) is 7.55. The van der Waals surface area contributed by atoms with Gasteiger partial charge < -0.3 is 15.4 Å². The second kappa shape index (κ2) is 5.96. The van der Waals surface area contributed by atoms with Gasteiger partial charge in [0.1, 0.15) is 0 Å². The van der Waals surface area contributed by atoms with Crippen molar-refractivity contribution in [1.29, 1.82) is 0 Å². The van der Waals surface area contributed by atoms with Gasteiger partial charge in [-0.2, -0.15) is 0 Å². The molecule has 1 saturated heterocycles. The Morgan fingerprint density at radius 2 is 2.12 bits per heavy atom. The van der Waals surface area contributed by atoms with E-state index < -0.39 is 0 Å². The lowest BCUT2D eigenvalue weighted by Gasteiger charge is -2.43. The van der Waals surface area contributed by atoms with Crippen molar-refractivity contribution in [3.63, 3.8) is 0 Å². The minimum atomic E-state index is 0.0736. The summed E-state index contributed by atoms with van der Waals surface area (Å²) >= 11 is 0. The van der Waals surface area contributed by atoms with Gasteiger partial charge >= 0.3 is 0 Å². The molecular formula is C12H27N3O. The van der Waals surface area contributed by atoms with Crippen LogP contribution in [0.4, 0.5) is 0 Å². The average molecular weight is 229 g/mol. The fraction of sp³-hybridized carbons (Fsp3) is 1.00. The van der Waals surface area contributed by atoms with Crippen LogP contribution < -0.4 is 5.73 Å². The summed E-state index contributed by atoms with van der Waals surface area (Å²) in [5.41, 5.74) is 6.05. The summed E-state index contributed by atoms with van der Waals surface area (Å²) < 4.78 is 5.55. The van der Waals surface area contributed by atoms with E-state index in [-0.39, 0.29) is 5.54 Å². The normalized spacial score (nSPS) is 27.9. The predicted octanol–water partition coefficient (Wildman–Crippen LogP) is 0.376. The average Bonchev–Trinajstić information content (AvgIpc) is 2.67. The standard InChI is InChI=1S/C12H27N3O/c1-5-15(11(2)8-14(3)4)12(9-13)6-7-16-10-12/h11H,5-10,13H2,1-4H3. The molecule has 2 unspecified atom stereocenters. The van der Waals surface area contributed by atoms with Crippen LogP contribution in [0, 0.1) is 0 Å². The molecule has 16 heavy (non-hydrogen) atoms. The van der Waals surface area contributed by atoms with E-state index in [0.717, 1.165) is 32.7 Å². The second-order valence-electron chi connectivity index (χ2n) is 5.13.